The van der Waals surface area contributed by atoms with Gasteiger partial charge in [-0.05, 0) is 48.9 Å². The predicted molar refractivity (Wildman–Crippen MR) is 82.0 cm³/mol. The molecule has 0 amide bonds. The first-order valence-corrected chi connectivity index (χ1v) is 8.92. The Morgan fingerprint density at radius 2 is 2.29 bits per heavy atom. The topological polar surface area (TPSA) is 58.6 Å². The predicted octanol–water partition coefficient (Wildman–Crippen LogP) is 1.70. The number of benzene rings is 1. The lowest BCUT2D eigenvalue weighted by Gasteiger charge is -2.26. The van der Waals surface area contributed by atoms with E-state index in [2.05, 4.69) is 5.32 Å². The molecule has 0 spiro atoms. The molecular formula is C15H22N2O3S. The number of sulfonamides is 1. The van der Waals surface area contributed by atoms with Crippen molar-refractivity contribution in [3.63, 3.8) is 0 Å². The lowest BCUT2D eigenvalue weighted by atomic mass is 10.0. The molecule has 2 heterocycles. The first-order chi connectivity index (χ1) is 10.1. The smallest absolute Gasteiger partial charge is 0.242 e. The average molecular weight is 310 g/mol. The maximum absolute atomic E-state index is 12.7. The number of nitrogens with zero attached hydrogens (tertiary/aromatic N) is 1. The molecule has 1 N–H and O–H groups in total. The zero-order valence-electron chi connectivity index (χ0n) is 12.3. The quantitative estimate of drug-likeness (QED) is 0.919. The number of fused-ring (bicyclic) bond motifs is 1. The van der Waals surface area contributed by atoms with E-state index in [0.717, 1.165) is 43.7 Å². The molecule has 0 aliphatic carbocycles. The van der Waals surface area contributed by atoms with Crippen molar-refractivity contribution in [1.82, 2.24) is 4.31 Å². The normalized spacial score (nSPS) is 22.1. The Balaban J connectivity index is 1.75. The molecule has 2 aliphatic heterocycles. The van der Waals surface area contributed by atoms with Gasteiger partial charge in [-0.3, -0.25) is 0 Å². The van der Waals surface area contributed by atoms with Gasteiger partial charge in [0.15, 0.2) is 0 Å². The number of rotatable bonds is 4. The van der Waals surface area contributed by atoms with Gasteiger partial charge in [0.1, 0.15) is 0 Å². The van der Waals surface area contributed by atoms with E-state index in [9.17, 15) is 8.42 Å². The molecule has 2 aliphatic rings. The van der Waals surface area contributed by atoms with Crippen LogP contribution in [0.5, 0.6) is 0 Å². The van der Waals surface area contributed by atoms with Gasteiger partial charge in [0, 0.05) is 32.4 Å². The summed E-state index contributed by atoms with van der Waals surface area (Å²) in [5.41, 5.74) is 2.14. The van der Waals surface area contributed by atoms with Crippen molar-refractivity contribution in [3.05, 3.63) is 23.8 Å². The summed E-state index contributed by atoms with van der Waals surface area (Å²) in [6.45, 7) is 2.87. The van der Waals surface area contributed by atoms with Crippen molar-refractivity contribution in [2.45, 2.75) is 24.2 Å². The van der Waals surface area contributed by atoms with Crippen molar-refractivity contribution in [2.24, 2.45) is 5.92 Å². The molecule has 3 rings (SSSR count). The number of hydrogen-bond donors (Lipinski definition) is 1. The summed E-state index contributed by atoms with van der Waals surface area (Å²) in [4.78, 5) is 0.393. The fourth-order valence-electron chi connectivity index (χ4n) is 3.03. The molecule has 1 aromatic carbocycles. The van der Waals surface area contributed by atoms with E-state index in [0.29, 0.717) is 24.0 Å². The molecular weight excluding hydrogens is 288 g/mol. The van der Waals surface area contributed by atoms with Crippen LogP contribution in [0.4, 0.5) is 5.69 Å². The highest BCUT2D eigenvalue weighted by molar-refractivity contribution is 7.89. The number of ether oxygens (including phenoxy) is 1. The molecule has 1 fully saturated rings. The minimum atomic E-state index is -3.41. The third-order valence-corrected chi connectivity index (χ3v) is 6.08. The van der Waals surface area contributed by atoms with E-state index in [1.165, 1.54) is 4.31 Å². The van der Waals surface area contributed by atoms with E-state index >= 15 is 0 Å². The number of hydrogen-bond acceptors (Lipinski definition) is 4. The van der Waals surface area contributed by atoms with E-state index in [4.69, 9.17) is 4.74 Å². The lowest BCUT2D eigenvalue weighted by Crippen LogP contribution is -2.35. The Morgan fingerprint density at radius 1 is 1.43 bits per heavy atom. The van der Waals surface area contributed by atoms with Gasteiger partial charge < -0.3 is 10.1 Å². The molecule has 1 unspecified atom stereocenters. The first kappa shape index (κ1) is 14.8. The molecule has 1 aromatic rings. The molecule has 21 heavy (non-hydrogen) atoms. The summed E-state index contributed by atoms with van der Waals surface area (Å²) in [7, 11) is -1.75. The van der Waals surface area contributed by atoms with Crippen LogP contribution in [0.25, 0.3) is 0 Å². The molecule has 0 saturated carbocycles. The van der Waals surface area contributed by atoms with Gasteiger partial charge >= 0.3 is 0 Å². The number of anilines is 1. The fraction of sp³-hybridized carbons (Fsp3) is 0.600. The molecule has 0 radical (unpaired) electrons. The monoisotopic (exact) mass is 310 g/mol. The second-order valence-electron chi connectivity index (χ2n) is 5.86. The minimum absolute atomic E-state index is 0.301. The van der Waals surface area contributed by atoms with E-state index < -0.39 is 10.0 Å². The van der Waals surface area contributed by atoms with Gasteiger partial charge in [-0.2, -0.15) is 0 Å². The fourth-order valence-corrected chi connectivity index (χ4v) is 4.33. The third kappa shape index (κ3) is 3.07. The van der Waals surface area contributed by atoms with Crippen molar-refractivity contribution >= 4 is 15.7 Å². The van der Waals surface area contributed by atoms with Crippen LogP contribution < -0.4 is 5.32 Å². The largest absolute Gasteiger partial charge is 0.384 e. The minimum Gasteiger partial charge on any atom is -0.384 e. The highest BCUT2D eigenvalue weighted by Crippen LogP contribution is 2.27. The molecule has 6 heteroatoms. The summed E-state index contributed by atoms with van der Waals surface area (Å²) in [5, 5.41) is 3.25. The van der Waals surface area contributed by atoms with E-state index in [1.807, 2.05) is 6.07 Å². The Hall–Kier alpha value is -1.11. The maximum Gasteiger partial charge on any atom is 0.242 e. The second-order valence-corrected chi connectivity index (χ2v) is 7.91. The zero-order valence-corrected chi connectivity index (χ0v) is 13.2. The van der Waals surface area contributed by atoms with Crippen molar-refractivity contribution in [3.8, 4) is 0 Å². The van der Waals surface area contributed by atoms with Crippen LogP contribution in [0, 0.1) is 5.92 Å². The zero-order chi connectivity index (χ0) is 14.9. The van der Waals surface area contributed by atoms with Gasteiger partial charge in [-0.15, -0.1) is 0 Å². The third-order valence-electron chi connectivity index (χ3n) is 4.26. The van der Waals surface area contributed by atoms with Crippen LogP contribution in [-0.2, 0) is 21.2 Å². The molecule has 5 nitrogen and oxygen atoms in total. The van der Waals surface area contributed by atoms with Gasteiger partial charge in [-0.25, -0.2) is 12.7 Å². The van der Waals surface area contributed by atoms with Crippen LogP contribution >= 0.6 is 0 Å². The summed E-state index contributed by atoms with van der Waals surface area (Å²) in [6, 6.07) is 5.37. The highest BCUT2D eigenvalue weighted by atomic mass is 32.2. The van der Waals surface area contributed by atoms with E-state index in [1.54, 1.807) is 19.2 Å². The SMILES string of the molecule is CN(CC1CCCOC1)S(=O)(=O)c1ccc2c(c1)CCN2. The maximum atomic E-state index is 12.7. The molecule has 116 valence electrons. The Bertz CT molecular complexity index is 609. The van der Waals surface area contributed by atoms with Gasteiger partial charge in [-0.1, -0.05) is 0 Å². The van der Waals surface area contributed by atoms with Gasteiger partial charge in [0.05, 0.1) is 11.5 Å². The molecule has 1 atom stereocenters. The Kier molecular flexibility index (Phi) is 4.19. The average Bonchev–Trinajstić information content (AvgIpc) is 2.95. The van der Waals surface area contributed by atoms with Crippen LogP contribution in [0.1, 0.15) is 18.4 Å². The summed E-state index contributed by atoms with van der Waals surface area (Å²) >= 11 is 0. The lowest BCUT2D eigenvalue weighted by molar-refractivity contribution is 0.0495. The first-order valence-electron chi connectivity index (χ1n) is 7.48. The van der Waals surface area contributed by atoms with Gasteiger partial charge in [0.25, 0.3) is 0 Å². The summed E-state index contributed by atoms with van der Waals surface area (Å²) in [6.07, 6.45) is 2.94. The van der Waals surface area contributed by atoms with E-state index in [-0.39, 0.29) is 0 Å². The molecule has 1 saturated heterocycles. The Labute approximate surface area is 126 Å². The second kappa shape index (κ2) is 5.94. The summed E-state index contributed by atoms with van der Waals surface area (Å²) in [5.74, 6) is 0.301. The molecule has 0 aromatic heterocycles. The highest BCUT2D eigenvalue weighted by Gasteiger charge is 2.26. The van der Waals surface area contributed by atoms with Crippen molar-refractivity contribution < 1.29 is 13.2 Å². The number of nitrogens with one attached hydrogen (secondary N) is 1. The van der Waals surface area contributed by atoms with Crippen LogP contribution in [0.3, 0.4) is 0 Å². The Morgan fingerprint density at radius 3 is 3.05 bits per heavy atom. The summed E-state index contributed by atoms with van der Waals surface area (Å²) < 4.78 is 32.2. The van der Waals surface area contributed by atoms with Crippen molar-refractivity contribution in [2.75, 3.05) is 38.7 Å². The molecule has 0 bridgehead atoms. The van der Waals surface area contributed by atoms with Crippen LogP contribution in [0.15, 0.2) is 23.1 Å². The van der Waals surface area contributed by atoms with Crippen LogP contribution in [0.2, 0.25) is 0 Å². The standard InChI is InChI=1S/C15H22N2O3S/c1-17(10-12-3-2-8-20-11-12)21(18,19)14-4-5-15-13(9-14)6-7-16-15/h4-5,9,12,16H,2-3,6-8,10-11H2,1H3. The van der Waals surface area contributed by atoms with Gasteiger partial charge in [0.2, 0.25) is 10.0 Å². The van der Waals surface area contributed by atoms with Crippen molar-refractivity contribution in [1.29, 1.82) is 0 Å². The van der Waals surface area contributed by atoms with Crippen LogP contribution in [-0.4, -0.2) is 46.1 Å².